The number of carbonyl (C=O) groups excluding carboxylic acids is 2. The van der Waals surface area contributed by atoms with Gasteiger partial charge in [0.25, 0.3) is 5.91 Å². The van der Waals surface area contributed by atoms with E-state index in [4.69, 9.17) is 5.73 Å². The highest BCUT2D eigenvalue weighted by Crippen LogP contribution is 2.28. The van der Waals surface area contributed by atoms with E-state index in [-0.39, 0.29) is 29.4 Å². The molecule has 0 saturated carbocycles. The van der Waals surface area contributed by atoms with Crippen LogP contribution in [0.5, 0.6) is 0 Å². The maximum Gasteiger partial charge on any atom is 0.277 e. The number of nitrogens with one attached hydrogen (secondary N) is 2. The first-order valence-electron chi connectivity index (χ1n) is 11.5. The van der Waals surface area contributed by atoms with Gasteiger partial charge in [0.05, 0.1) is 17.8 Å². The lowest BCUT2D eigenvalue weighted by Crippen LogP contribution is -2.26. The first-order chi connectivity index (χ1) is 16.2. The van der Waals surface area contributed by atoms with Crippen molar-refractivity contribution in [3.05, 3.63) is 40.8 Å². The van der Waals surface area contributed by atoms with Gasteiger partial charge in [-0.1, -0.05) is 19.9 Å². The summed E-state index contributed by atoms with van der Waals surface area (Å²) in [5, 5.41) is 11.4. The van der Waals surface area contributed by atoms with Crippen LogP contribution in [-0.2, 0) is 11.2 Å². The van der Waals surface area contributed by atoms with E-state index >= 15 is 0 Å². The molecule has 182 valence electrons. The summed E-state index contributed by atoms with van der Waals surface area (Å²) in [5.41, 5.74) is 10.3. The van der Waals surface area contributed by atoms with Crippen LogP contribution < -0.4 is 16.4 Å². The zero-order valence-corrected chi connectivity index (χ0v) is 20.8. The number of aromatic nitrogens is 4. The van der Waals surface area contributed by atoms with Gasteiger partial charge in [0.1, 0.15) is 12.1 Å². The molecule has 10 nitrogen and oxygen atoms in total. The SMILES string of the molecule is CCNCC(CC)n1nc(C(=O)Nc2ccc(CC(=O)N(C)C)c(C)c2C)c2c(N)ncnc21. The van der Waals surface area contributed by atoms with E-state index in [9.17, 15) is 9.59 Å². The van der Waals surface area contributed by atoms with Gasteiger partial charge >= 0.3 is 0 Å². The average molecular weight is 467 g/mol. The Morgan fingerprint density at radius 1 is 1.15 bits per heavy atom. The van der Waals surface area contributed by atoms with Gasteiger partial charge in [-0.15, -0.1) is 0 Å². The number of hydrogen-bond acceptors (Lipinski definition) is 7. The summed E-state index contributed by atoms with van der Waals surface area (Å²) in [6.07, 6.45) is 2.50. The molecule has 4 N–H and O–H groups in total. The molecule has 0 fully saturated rings. The van der Waals surface area contributed by atoms with Crippen molar-refractivity contribution in [1.82, 2.24) is 30.0 Å². The van der Waals surface area contributed by atoms with Crippen molar-refractivity contribution in [2.45, 2.75) is 46.6 Å². The zero-order chi connectivity index (χ0) is 25.0. The Morgan fingerprint density at radius 2 is 1.88 bits per heavy atom. The van der Waals surface area contributed by atoms with Crippen LogP contribution in [0, 0.1) is 13.8 Å². The average Bonchev–Trinajstić information content (AvgIpc) is 3.20. The Hall–Kier alpha value is -3.53. The molecule has 0 aliphatic heterocycles. The van der Waals surface area contributed by atoms with E-state index < -0.39 is 0 Å². The second kappa shape index (κ2) is 10.6. The maximum atomic E-state index is 13.4. The molecule has 0 aliphatic rings. The minimum Gasteiger partial charge on any atom is -0.383 e. The second-order valence-corrected chi connectivity index (χ2v) is 8.56. The Bertz CT molecular complexity index is 1200. The lowest BCUT2D eigenvalue weighted by atomic mass is 9.98. The predicted molar refractivity (Wildman–Crippen MR) is 134 cm³/mol. The molecule has 2 aromatic heterocycles. The van der Waals surface area contributed by atoms with E-state index in [2.05, 4.69) is 32.6 Å². The summed E-state index contributed by atoms with van der Waals surface area (Å²) >= 11 is 0. The van der Waals surface area contributed by atoms with Crippen LogP contribution in [0.25, 0.3) is 11.0 Å². The quantitative estimate of drug-likeness (QED) is 0.441. The highest BCUT2D eigenvalue weighted by molar-refractivity contribution is 6.13. The van der Waals surface area contributed by atoms with Crippen LogP contribution in [0.1, 0.15) is 53.5 Å². The third-order valence-corrected chi connectivity index (χ3v) is 6.17. The number of hydrogen-bond donors (Lipinski definition) is 3. The van der Waals surface area contributed by atoms with Gasteiger partial charge in [0.15, 0.2) is 11.3 Å². The van der Waals surface area contributed by atoms with Crippen LogP contribution in [0.15, 0.2) is 18.5 Å². The predicted octanol–water partition coefficient (Wildman–Crippen LogP) is 2.47. The number of likely N-dealkylation sites (N-methyl/N-ethyl adjacent to an activating group) is 2. The smallest absolute Gasteiger partial charge is 0.277 e. The first kappa shape index (κ1) is 25.1. The van der Waals surface area contributed by atoms with Crippen molar-refractivity contribution >= 4 is 34.4 Å². The van der Waals surface area contributed by atoms with Gasteiger partial charge in [-0.2, -0.15) is 5.10 Å². The molecule has 1 atom stereocenters. The van der Waals surface area contributed by atoms with E-state index in [1.165, 1.54) is 6.33 Å². The molecule has 0 radical (unpaired) electrons. The monoisotopic (exact) mass is 466 g/mol. The summed E-state index contributed by atoms with van der Waals surface area (Å²) in [4.78, 5) is 35.5. The minimum absolute atomic E-state index is 0.01000. The van der Waals surface area contributed by atoms with Crippen molar-refractivity contribution in [3.63, 3.8) is 0 Å². The van der Waals surface area contributed by atoms with Crippen LogP contribution in [0.3, 0.4) is 0 Å². The molecule has 1 aromatic carbocycles. The molecule has 3 rings (SSSR count). The normalized spacial score (nSPS) is 12.1. The van der Waals surface area contributed by atoms with E-state index in [1.54, 1.807) is 23.7 Å². The number of fused-ring (bicyclic) bond motifs is 1. The second-order valence-electron chi connectivity index (χ2n) is 8.56. The van der Waals surface area contributed by atoms with E-state index in [0.717, 1.165) is 29.7 Å². The summed E-state index contributed by atoms with van der Waals surface area (Å²) in [6.45, 7) is 9.50. The summed E-state index contributed by atoms with van der Waals surface area (Å²) in [7, 11) is 3.47. The van der Waals surface area contributed by atoms with Crippen LogP contribution in [-0.4, -0.2) is 63.6 Å². The van der Waals surface area contributed by atoms with Gasteiger partial charge < -0.3 is 21.3 Å². The number of nitrogens with two attached hydrogens (primary N) is 1. The first-order valence-corrected chi connectivity index (χ1v) is 11.5. The summed E-state index contributed by atoms with van der Waals surface area (Å²) < 4.78 is 1.76. The largest absolute Gasteiger partial charge is 0.383 e. The fourth-order valence-corrected chi connectivity index (χ4v) is 3.83. The fraction of sp³-hybridized carbons (Fsp3) is 0.458. The number of carbonyl (C=O) groups is 2. The van der Waals surface area contributed by atoms with Gasteiger partial charge in [-0.3, -0.25) is 9.59 Å². The van der Waals surface area contributed by atoms with Gasteiger partial charge in [-0.25, -0.2) is 14.6 Å². The van der Waals surface area contributed by atoms with Crippen molar-refractivity contribution in [2.75, 3.05) is 38.2 Å². The topological polar surface area (TPSA) is 131 Å². The third kappa shape index (κ3) is 5.01. The van der Waals surface area contributed by atoms with Gasteiger partial charge in [0.2, 0.25) is 5.91 Å². The summed E-state index contributed by atoms with van der Waals surface area (Å²) in [5.74, 6) is -0.150. The Morgan fingerprint density at radius 3 is 2.53 bits per heavy atom. The molecule has 3 aromatic rings. The molecule has 10 heteroatoms. The lowest BCUT2D eigenvalue weighted by Gasteiger charge is -2.16. The molecule has 2 heterocycles. The Labute approximate surface area is 199 Å². The summed E-state index contributed by atoms with van der Waals surface area (Å²) in [6, 6.07) is 3.70. The highest BCUT2D eigenvalue weighted by Gasteiger charge is 2.25. The van der Waals surface area contributed by atoms with E-state index in [1.807, 2.05) is 32.9 Å². The number of benzene rings is 1. The molecular weight excluding hydrogens is 432 g/mol. The van der Waals surface area contributed by atoms with Crippen LogP contribution in [0.2, 0.25) is 0 Å². The van der Waals surface area contributed by atoms with Crippen molar-refractivity contribution in [3.8, 4) is 0 Å². The lowest BCUT2D eigenvalue weighted by molar-refractivity contribution is -0.127. The molecule has 0 aliphatic carbocycles. The maximum absolute atomic E-state index is 13.4. The highest BCUT2D eigenvalue weighted by atomic mass is 16.2. The molecule has 0 bridgehead atoms. The Kier molecular flexibility index (Phi) is 7.83. The van der Waals surface area contributed by atoms with E-state index in [0.29, 0.717) is 29.7 Å². The molecule has 0 saturated heterocycles. The number of amides is 2. The molecular formula is C24H34N8O2. The van der Waals surface area contributed by atoms with Crippen molar-refractivity contribution < 1.29 is 9.59 Å². The fourth-order valence-electron chi connectivity index (χ4n) is 3.83. The number of rotatable bonds is 9. The molecule has 1 unspecified atom stereocenters. The van der Waals surface area contributed by atoms with Crippen molar-refractivity contribution in [2.24, 2.45) is 0 Å². The number of nitrogen functional groups attached to an aromatic ring is 1. The third-order valence-electron chi connectivity index (χ3n) is 6.17. The van der Waals surface area contributed by atoms with Gasteiger partial charge in [0, 0.05) is 26.3 Å². The zero-order valence-electron chi connectivity index (χ0n) is 20.8. The van der Waals surface area contributed by atoms with Crippen LogP contribution in [0.4, 0.5) is 11.5 Å². The Balaban J connectivity index is 1.96. The van der Waals surface area contributed by atoms with Crippen LogP contribution >= 0.6 is 0 Å². The molecule has 34 heavy (non-hydrogen) atoms. The number of anilines is 2. The molecule has 2 amide bonds. The number of nitrogens with zero attached hydrogens (tertiary/aromatic N) is 5. The van der Waals surface area contributed by atoms with Crippen molar-refractivity contribution in [1.29, 1.82) is 0 Å². The molecule has 0 spiro atoms. The minimum atomic E-state index is -0.386. The van der Waals surface area contributed by atoms with Gasteiger partial charge in [-0.05, 0) is 49.6 Å². The standard InChI is InChI=1S/C24H34N8O2/c1-7-17(12-26-8-2)32-23-20(22(25)27-13-28-23)21(30-32)24(34)29-18-10-9-16(14(3)15(18)4)11-19(33)31(5)6/h9-10,13,17,26H,7-8,11-12H2,1-6H3,(H,29,34)(H2,25,27,28).